The average molecular weight is 187 g/mol. The summed E-state index contributed by atoms with van der Waals surface area (Å²) < 4.78 is 0. The molecule has 2 aromatic rings. The van der Waals surface area contributed by atoms with E-state index < -0.39 is 0 Å². The van der Waals surface area contributed by atoms with Crippen LogP contribution in [0.2, 0.25) is 0 Å². The van der Waals surface area contributed by atoms with Crippen molar-refractivity contribution in [2.24, 2.45) is 4.99 Å². The third-order valence-corrected chi connectivity index (χ3v) is 1.62. The molecule has 5 heteroatoms. The molecule has 0 fully saturated rings. The highest BCUT2D eigenvalue weighted by atomic mass is 15.3. The Bertz CT molecular complexity index is 431. The highest BCUT2D eigenvalue weighted by Crippen LogP contribution is 2.04. The molecule has 1 aromatic carbocycles. The van der Waals surface area contributed by atoms with E-state index in [-0.39, 0.29) is 5.95 Å². The first-order valence-electron chi connectivity index (χ1n) is 4.11. The number of nitrogens with zero attached hydrogens (tertiary/aromatic N) is 3. The summed E-state index contributed by atoms with van der Waals surface area (Å²) in [6, 6.07) is 9.71. The fourth-order valence-corrected chi connectivity index (χ4v) is 0.994. The zero-order valence-electron chi connectivity index (χ0n) is 7.38. The summed E-state index contributed by atoms with van der Waals surface area (Å²) in [6.45, 7) is 0. The Balaban J connectivity index is 2.15. The molecule has 0 saturated heterocycles. The second kappa shape index (κ2) is 3.69. The van der Waals surface area contributed by atoms with Crippen LogP contribution in [-0.4, -0.2) is 21.4 Å². The molecule has 0 unspecified atom stereocenters. The molecule has 0 bridgehead atoms. The van der Waals surface area contributed by atoms with E-state index in [0.717, 1.165) is 5.56 Å². The maximum atomic E-state index is 5.34. The molecule has 0 spiro atoms. The van der Waals surface area contributed by atoms with Crippen LogP contribution in [0.3, 0.4) is 0 Å². The number of H-pyrrole nitrogens is 1. The Labute approximate surface area is 80.7 Å². The Morgan fingerprint density at radius 1 is 1.29 bits per heavy atom. The van der Waals surface area contributed by atoms with Crippen molar-refractivity contribution in [3.05, 3.63) is 35.9 Å². The Kier molecular flexibility index (Phi) is 2.22. The summed E-state index contributed by atoms with van der Waals surface area (Å²) in [5, 5.41) is 6.28. The van der Waals surface area contributed by atoms with Crippen molar-refractivity contribution < 1.29 is 0 Å². The van der Waals surface area contributed by atoms with Gasteiger partial charge in [-0.2, -0.15) is 4.98 Å². The van der Waals surface area contributed by atoms with E-state index in [9.17, 15) is 0 Å². The number of nitrogens with two attached hydrogens (primary N) is 1. The topological polar surface area (TPSA) is 79.9 Å². The summed E-state index contributed by atoms with van der Waals surface area (Å²) in [7, 11) is 0. The van der Waals surface area contributed by atoms with E-state index in [4.69, 9.17) is 5.73 Å². The third-order valence-electron chi connectivity index (χ3n) is 1.62. The van der Waals surface area contributed by atoms with E-state index in [1.54, 1.807) is 6.21 Å². The summed E-state index contributed by atoms with van der Waals surface area (Å²) in [6.07, 6.45) is 1.68. The van der Waals surface area contributed by atoms with Crippen LogP contribution in [0.1, 0.15) is 5.56 Å². The normalized spacial score (nSPS) is 10.9. The molecule has 1 heterocycles. The smallest absolute Gasteiger partial charge is 0.269 e. The maximum absolute atomic E-state index is 5.34. The molecule has 3 N–H and O–H groups in total. The highest BCUT2D eigenvalue weighted by molar-refractivity contribution is 5.80. The molecule has 0 aliphatic rings. The zero-order chi connectivity index (χ0) is 9.80. The largest absolute Gasteiger partial charge is 0.368 e. The predicted octanol–water partition coefficient (Wildman–Crippen LogP) is 1.14. The Morgan fingerprint density at radius 3 is 2.71 bits per heavy atom. The lowest BCUT2D eigenvalue weighted by molar-refractivity contribution is 1.09. The molecule has 0 amide bonds. The van der Waals surface area contributed by atoms with Gasteiger partial charge in [0.15, 0.2) is 0 Å². The monoisotopic (exact) mass is 187 g/mol. The van der Waals surface area contributed by atoms with Crippen molar-refractivity contribution in [2.75, 3.05) is 5.73 Å². The first-order chi connectivity index (χ1) is 6.84. The minimum absolute atomic E-state index is 0.269. The van der Waals surface area contributed by atoms with Crippen LogP contribution in [0.4, 0.5) is 11.9 Å². The first-order valence-corrected chi connectivity index (χ1v) is 4.11. The number of nitrogens with one attached hydrogen (secondary N) is 1. The summed E-state index contributed by atoms with van der Waals surface area (Å²) in [5.41, 5.74) is 6.34. The molecular formula is C9H9N5. The van der Waals surface area contributed by atoms with Crippen LogP contribution >= 0.6 is 0 Å². The number of hydrogen-bond donors (Lipinski definition) is 2. The van der Waals surface area contributed by atoms with Crippen molar-refractivity contribution in [1.29, 1.82) is 0 Å². The van der Waals surface area contributed by atoms with Crippen molar-refractivity contribution in [3.8, 4) is 0 Å². The number of hydrogen-bond acceptors (Lipinski definition) is 4. The Hall–Kier alpha value is -2.17. The van der Waals surface area contributed by atoms with Gasteiger partial charge in [-0.1, -0.05) is 30.3 Å². The standard InChI is InChI=1S/C9H9N5/c10-8-12-9(14-13-8)11-6-7-4-2-1-3-5-7/h1-6H,(H3,10,12,13,14). The fourth-order valence-electron chi connectivity index (χ4n) is 0.994. The molecule has 1 aromatic heterocycles. The molecule has 0 saturated carbocycles. The summed E-state index contributed by atoms with van der Waals surface area (Å²) in [5.74, 6) is 0.608. The number of aromatic amines is 1. The van der Waals surface area contributed by atoms with Crippen LogP contribution in [0.15, 0.2) is 35.3 Å². The van der Waals surface area contributed by atoms with Crippen LogP contribution < -0.4 is 5.73 Å². The summed E-state index contributed by atoms with van der Waals surface area (Å²) in [4.78, 5) is 7.88. The molecule has 0 aliphatic carbocycles. The van der Waals surface area contributed by atoms with Crippen molar-refractivity contribution in [2.45, 2.75) is 0 Å². The van der Waals surface area contributed by atoms with Gasteiger partial charge < -0.3 is 5.73 Å². The lowest BCUT2D eigenvalue weighted by atomic mass is 10.2. The lowest BCUT2D eigenvalue weighted by Crippen LogP contribution is -1.84. The SMILES string of the molecule is Nc1nc(N=Cc2ccccc2)n[nH]1. The van der Waals surface area contributed by atoms with Crippen molar-refractivity contribution >= 4 is 18.1 Å². The highest BCUT2D eigenvalue weighted by Gasteiger charge is 1.94. The van der Waals surface area contributed by atoms with E-state index >= 15 is 0 Å². The molecule has 2 rings (SSSR count). The fraction of sp³-hybridized carbons (Fsp3) is 0. The molecule has 0 aliphatic heterocycles. The van der Waals surface area contributed by atoms with E-state index in [1.165, 1.54) is 0 Å². The summed E-state index contributed by atoms with van der Waals surface area (Å²) >= 11 is 0. The van der Waals surface area contributed by atoms with Gasteiger partial charge in [0, 0.05) is 6.21 Å². The predicted molar refractivity (Wildman–Crippen MR) is 54.5 cm³/mol. The minimum Gasteiger partial charge on any atom is -0.368 e. The van der Waals surface area contributed by atoms with Gasteiger partial charge >= 0.3 is 0 Å². The number of aromatic nitrogens is 3. The van der Waals surface area contributed by atoms with Crippen LogP contribution in [-0.2, 0) is 0 Å². The number of aliphatic imine (C=N–C) groups is 1. The first kappa shape index (κ1) is 8.43. The van der Waals surface area contributed by atoms with E-state index in [1.807, 2.05) is 30.3 Å². The zero-order valence-corrected chi connectivity index (χ0v) is 7.38. The van der Waals surface area contributed by atoms with Gasteiger partial charge in [-0.15, -0.1) is 5.10 Å². The lowest BCUT2D eigenvalue weighted by Gasteiger charge is -1.87. The molecule has 70 valence electrons. The minimum atomic E-state index is 0.269. The van der Waals surface area contributed by atoms with Gasteiger partial charge in [-0.25, -0.2) is 10.1 Å². The number of rotatable bonds is 2. The number of anilines is 1. The quantitative estimate of drug-likeness (QED) is 0.692. The van der Waals surface area contributed by atoms with E-state index in [0.29, 0.717) is 5.95 Å². The van der Waals surface area contributed by atoms with Crippen molar-refractivity contribution in [1.82, 2.24) is 15.2 Å². The second-order valence-electron chi connectivity index (χ2n) is 2.69. The maximum Gasteiger partial charge on any atom is 0.269 e. The Morgan fingerprint density at radius 2 is 2.07 bits per heavy atom. The van der Waals surface area contributed by atoms with E-state index in [2.05, 4.69) is 20.2 Å². The average Bonchev–Trinajstić information content (AvgIpc) is 2.63. The van der Waals surface area contributed by atoms with Crippen LogP contribution in [0.25, 0.3) is 0 Å². The van der Waals surface area contributed by atoms with Crippen molar-refractivity contribution in [3.63, 3.8) is 0 Å². The second-order valence-corrected chi connectivity index (χ2v) is 2.69. The van der Waals surface area contributed by atoms with Crippen LogP contribution in [0, 0.1) is 0 Å². The van der Waals surface area contributed by atoms with Gasteiger partial charge in [0.25, 0.3) is 5.95 Å². The van der Waals surface area contributed by atoms with Gasteiger partial charge in [0.05, 0.1) is 0 Å². The van der Waals surface area contributed by atoms with Crippen LogP contribution in [0.5, 0.6) is 0 Å². The van der Waals surface area contributed by atoms with Gasteiger partial charge in [-0.05, 0) is 5.56 Å². The number of nitrogen functional groups attached to an aromatic ring is 1. The van der Waals surface area contributed by atoms with Gasteiger partial charge in [0.1, 0.15) is 0 Å². The molecule has 14 heavy (non-hydrogen) atoms. The van der Waals surface area contributed by atoms with Gasteiger partial charge in [0.2, 0.25) is 5.95 Å². The molecule has 0 radical (unpaired) electrons. The molecule has 0 atom stereocenters. The number of benzene rings is 1. The molecule has 5 nitrogen and oxygen atoms in total. The van der Waals surface area contributed by atoms with Gasteiger partial charge in [-0.3, -0.25) is 0 Å². The molecular weight excluding hydrogens is 178 g/mol. The third kappa shape index (κ3) is 1.95.